The summed E-state index contributed by atoms with van der Waals surface area (Å²) in [6, 6.07) is 19.9. The first-order chi connectivity index (χ1) is 9.29. The van der Waals surface area contributed by atoms with Crippen LogP contribution in [-0.2, 0) is 17.6 Å². The van der Waals surface area contributed by atoms with Crippen LogP contribution < -0.4 is 5.73 Å². The molecule has 0 aliphatic rings. The van der Waals surface area contributed by atoms with E-state index in [0.29, 0.717) is 13.0 Å². The lowest BCUT2D eigenvalue weighted by Crippen LogP contribution is -2.27. The summed E-state index contributed by atoms with van der Waals surface area (Å²) in [7, 11) is 0. The second kappa shape index (κ2) is 6.86. The zero-order valence-electron chi connectivity index (χ0n) is 11.0. The monoisotopic (exact) mass is 253 g/mol. The summed E-state index contributed by atoms with van der Waals surface area (Å²) in [4.78, 5) is 12.3. The summed E-state index contributed by atoms with van der Waals surface area (Å²) in [6.45, 7) is 0.403. The molecule has 0 heterocycles. The van der Waals surface area contributed by atoms with Crippen LogP contribution in [0.5, 0.6) is 0 Å². The van der Waals surface area contributed by atoms with Gasteiger partial charge in [0.2, 0.25) is 0 Å². The molecule has 2 aromatic carbocycles. The zero-order valence-corrected chi connectivity index (χ0v) is 11.0. The number of carbonyl (C=O) groups excluding carboxylic acids is 1. The van der Waals surface area contributed by atoms with Crippen LogP contribution >= 0.6 is 0 Å². The minimum atomic E-state index is -0.0948. The molecular formula is C17H19NO. The number of hydrogen-bond acceptors (Lipinski definition) is 2. The Morgan fingerprint density at radius 2 is 1.42 bits per heavy atom. The van der Waals surface area contributed by atoms with Crippen molar-refractivity contribution in [1.82, 2.24) is 0 Å². The Hall–Kier alpha value is -1.93. The lowest BCUT2D eigenvalue weighted by molar-refractivity contribution is -0.121. The van der Waals surface area contributed by atoms with E-state index >= 15 is 0 Å². The van der Waals surface area contributed by atoms with E-state index in [1.54, 1.807) is 0 Å². The van der Waals surface area contributed by atoms with Crippen LogP contribution in [0.1, 0.15) is 11.1 Å². The molecule has 0 saturated carbocycles. The maximum Gasteiger partial charge on any atom is 0.141 e. The number of benzene rings is 2. The Balaban J connectivity index is 2.00. The molecule has 98 valence electrons. The van der Waals surface area contributed by atoms with Gasteiger partial charge in [0.25, 0.3) is 0 Å². The molecule has 2 aromatic rings. The van der Waals surface area contributed by atoms with Gasteiger partial charge in [-0.05, 0) is 17.5 Å². The maximum absolute atomic E-state index is 12.3. The van der Waals surface area contributed by atoms with Crippen molar-refractivity contribution >= 4 is 5.78 Å². The lowest BCUT2D eigenvalue weighted by atomic mass is 9.92. The summed E-state index contributed by atoms with van der Waals surface area (Å²) >= 11 is 0. The maximum atomic E-state index is 12.3. The Kier molecular flexibility index (Phi) is 4.87. The van der Waals surface area contributed by atoms with Crippen molar-refractivity contribution in [1.29, 1.82) is 0 Å². The van der Waals surface area contributed by atoms with E-state index in [1.165, 1.54) is 5.56 Å². The van der Waals surface area contributed by atoms with Crippen LogP contribution in [-0.4, -0.2) is 12.3 Å². The van der Waals surface area contributed by atoms with E-state index in [4.69, 9.17) is 5.73 Å². The first kappa shape index (κ1) is 13.5. The van der Waals surface area contributed by atoms with E-state index in [-0.39, 0.29) is 11.7 Å². The SMILES string of the molecule is NC[C@H](Cc1ccccc1)C(=O)Cc1ccccc1. The van der Waals surface area contributed by atoms with Gasteiger partial charge in [-0.3, -0.25) is 4.79 Å². The summed E-state index contributed by atoms with van der Waals surface area (Å²) in [5.74, 6) is 0.125. The third-order valence-corrected chi connectivity index (χ3v) is 3.29. The number of carbonyl (C=O) groups is 1. The quantitative estimate of drug-likeness (QED) is 0.860. The minimum absolute atomic E-state index is 0.0948. The van der Waals surface area contributed by atoms with Gasteiger partial charge in [-0.15, -0.1) is 0 Å². The van der Waals surface area contributed by atoms with Crippen LogP contribution in [0.3, 0.4) is 0 Å². The summed E-state index contributed by atoms with van der Waals surface area (Å²) in [5, 5.41) is 0. The number of Topliss-reactive ketones (excluding diaryl/α,β-unsaturated/α-hetero) is 1. The third-order valence-electron chi connectivity index (χ3n) is 3.29. The topological polar surface area (TPSA) is 43.1 Å². The fourth-order valence-electron chi connectivity index (χ4n) is 2.17. The van der Waals surface area contributed by atoms with Crippen molar-refractivity contribution in [2.45, 2.75) is 12.8 Å². The van der Waals surface area contributed by atoms with Gasteiger partial charge in [0.05, 0.1) is 0 Å². The predicted octanol–water partition coefficient (Wildman–Crippen LogP) is 2.62. The fourth-order valence-corrected chi connectivity index (χ4v) is 2.17. The van der Waals surface area contributed by atoms with Gasteiger partial charge in [-0.1, -0.05) is 60.7 Å². The number of ketones is 1. The van der Waals surface area contributed by atoms with Crippen molar-refractivity contribution in [3.63, 3.8) is 0 Å². The molecule has 2 nitrogen and oxygen atoms in total. The van der Waals surface area contributed by atoms with Gasteiger partial charge in [0, 0.05) is 18.9 Å². The molecule has 19 heavy (non-hydrogen) atoms. The van der Waals surface area contributed by atoms with Crippen molar-refractivity contribution < 1.29 is 4.79 Å². The van der Waals surface area contributed by atoms with E-state index < -0.39 is 0 Å². The van der Waals surface area contributed by atoms with Crippen LogP contribution in [0, 0.1) is 5.92 Å². The van der Waals surface area contributed by atoms with E-state index in [1.807, 2.05) is 60.7 Å². The number of rotatable bonds is 6. The second-order valence-electron chi connectivity index (χ2n) is 4.75. The van der Waals surface area contributed by atoms with Gasteiger partial charge in [0.15, 0.2) is 0 Å². The van der Waals surface area contributed by atoms with Crippen molar-refractivity contribution in [3.05, 3.63) is 71.8 Å². The number of hydrogen-bond donors (Lipinski definition) is 1. The lowest BCUT2D eigenvalue weighted by Gasteiger charge is -2.13. The largest absolute Gasteiger partial charge is 0.330 e. The molecule has 0 saturated heterocycles. The van der Waals surface area contributed by atoms with Crippen LogP contribution in [0.2, 0.25) is 0 Å². The van der Waals surface area contributed by atoms with Gasteiger partial charge in [0.1, 0.15) is 5.78 Å². The number of nitrogens with two attached hydrogens (primary N) is 1. The highest BCUT2D eigenvalue weighted by Gasteiger charge is 2.17. The third kappa shape index (κ3) is 4.04. The summed E-state index contributed by atoms with van der Waals surface area (Å²) in [6.07, 6.45) is 1.19. The van der Waals surface area contributed by atoms with Crippen LogP contribution in [0.25, 0.3) is 0 Å². The first-order valence-corrected chi connectivity index (χ1v) is 6.60. The fraction of sp³-hybridized carbons (Fsp3) is 0.235. The molecule has 0 radical (unpaired) electrons. The van der Waals surface area contributed by atoms with Gasteiger partial charge in [-0.2, -0.15) is 0 Å². The standard InChI is InChI=1S/C17H19NO/c18-13-16(11-14-7-3-1-4-8-14)17(19)12-15-9-5-2-6-10-15/h1-10,16H,11-13,18H2/t16-/m0/s1. The van der Waals surface area contributed by atoms with Gasteiger partial charge in [-0.25, -0.2) is 0 Å². The minimum Gasteiger partial charge on any atom is -0.330 e. The summed E-state index contributed by atoms with van der Waals surface area (Å²) < 4.78 is 0. The summed E-state index contributed by atoms with van der Waals surface area (Å²) in [5.41, 5.74) is 7.98. The second-order valence-corrected chi connectivity index (χ2v) is 4.75. The van der Waals surface area contributed by atoms with Crippen LogP contribution in [0.15, 0.2) is 60.7 Å². The Labute approximate surface area is 114 Å². The predicted molar refractivity (Wildman–Crippen MR) is 77.8 cm³/mol. The normalized spacial score (nSPS) is 12.1. The van der Waals surface area contributed by atoms with Crippen molar-refractivity contribution in [2.75, 3.05) is 6.54 Å². The van der Waals surface area contributed by atoms with E-state index in [9.17, 15) is 4.79 Å². The van der Waals surface area contributed by atoms with Crippen LogP contribution in [0.4, 0.5) is 0 Å². The van der Waals surface area contributed by atoms with E-state index in [2.05, 4.69) is 0 Å². The molecule has 0 unspecified atom stereocenters. The highest BCUT2D eigenvalue weighted by molar-refractivity contribution is 5.83. The Morgan fingerprint density at radius 1 is 0.895 bits per heavy atom. The highest BCUT2D eigenvalue weighted by Crippen LogP contribution is 2.12. The van der Waals surface area contributed by atoms with Crippen molar-refractivity contribution in [2.24, 2.45) is 11.7 Å². The Morgan fingerprint density at radius 3 is 1.95 bits per heavy atom. The zero-order chi connectivity index (χ0) is 13.5. The van der Waals surface area contributed by atoms with E-state index in [0.717, 1.165) is 12.0 Å². The molecular weight excluding hydrogens is 234 g/mol. The molecule has 0 bridgehead atoms. The molecule has 0 aliphatic carbocycles. The molecule has 2 N–H and O–H groups in total. The molecule has 2 heteroatoms. The van der Waals surface area contributed by atoms with Crippen molar-refractivity contribution in [3.8, 4) is 0 Å². The smallest absolute Gasteiger partial charge is 0.141 e. The average molecular weight is 253 g/mol. The molecule has 1 atom stereocenters. The molecule has 2 rings (SSSR count). The molecule has 0 spiro atoms. The molecule has 0 aromatic heterocycles. The molecule has 0 fully saturated rings. The van der Waals surface area contributed by atoms with Gasteiger partial charge < -0.3 is 5.73 Å². The van der Waals surface area contributed by atoms with Gasteiger partial charge >= 0.3 is 0 Å². The Bertz CT molecular complexity index is 507. The molecule has 0 amide bonds. The first-order valence-electron chi connectivity index (χ1n) is 6.60. The highest BCUT2D eigenvalue weighted by atomic mass is 16.1. The average Bonchev–Trinajstić information content (AvgIpc) is 2.47. The molecule has 0 aliphatic heterocycles.